The van der Waals surface area contributed by atoms with E-state index in [0.717, 1.165) is 45.3 Å². The fraction of sp³-hybridized carbons (Fsp3) is 0.289. The molecule has 1 radical (unpaired) electrons. The Morgan fingerprint density at radius 3 is 2.38 bits per heavy atom. The summed E-state index contributed by atoms with van der Waals surface area (Å²) in [5.41, 5.74) is 6.89. The molecule has 0 aliphatic carbocycles. The van der Waals surface area contributed by atoms with Gasteiger partial charge in [-0.1, -0.05) is 88.5 Å². The van der Waals surface area contributed by atoms with E-state index < -0.39 is 19.9 Å². The first-order valence-electron chi connectivity index (χ1n) is 15.4. The van der Waals surface area contributed by atoms with Crippen LogP contribution >= 0.6 is 0 Å². The molecule has 0 atom stereocenters. The van der Waals surface area contributed by atoms with E-state index in [-0.39, 0.29) is 25.5 Å². The van der Waals surface area contributed by atoms with Crippen LogP contribution in [0.2, 0.25) is 19.6 Å². The van der Waals surface area contributed by atoms with Crippen LogP contribution in [0.25, 0.3) is 44.6 Å². The first-order valence-corrected chi connectivity index (χ1v) is 18.4. The molecule has 0 bridgehead atoms. The van der Waals surface area contributed by atoms with Gasteiger partial charge in [-0.3, -0.25) is 0 Å². The SMILES string of the molecule is CC(C)(C)Cc1ccnc(-c2[c-]ccc3c2oc2nc(F)ccc23)c1.[2H]C(C)(C)c1cc(-c2[c-]cccc2)ncc1[Si](C)(C)C.[Ir]. The molecule has 0 unspecified atom stereocenters. The molecule has 6 aromatic rings. The molecule has 0 saturated heterocycles. The Morgan fingerprint density at radius 1 is 0.933 bits per heavy atom. The van der Waals surface area contributed by atoms with Crippen molar-refractivity contribution >= 4 is 35.3 Å². The smallest absolute Gasteiger partial charge is 0.218 e. The van der Waals surface area contributed by atoms with Gasteiger partial charge in [0.15, 0.2) is 0 Å². The molecule has 235 valence electrons. The van der Waals surface area contributed by atoms with E-state index in [9.17, 15) is 4.39 Å². The molecule has 6 rings (SSSR count). The van der Waals surface area contributed by atoms with Crippen LogP contribution in [0.1, 0.15) is 53.0 Å². The number of furan rings is 1. The van der Waals surface area contributed by atoms with Crippen molar-refractivity contribution in [3.8, 4) is 22.5 Å². The Bertz CT molecular complexity index is 1960. The molecule has 0 amide bonds. The third-order valence-electron chi connectivity index (χ3n) is 7.32. The van der Waals surface area contributed by atoms with E-state index in [4.69, 9.17) is 5.79 Å². The summed E-state index contributed by atoms with van der Waals surface area (Å²) in [6, 6.07) is 27.2. The molecule has 0 spiro atoms. The minimum Gasteiger partial charge on any atom is -0.486 e. The molecule has 0 N–H and O–H groups in total. The van der Waals surface area contributed by atoms with E-state index in [1.54, 1.807) is 6.07 Å². The first-order chi connectivity index (χ1) is 21.1. The molecule has 0 aliphatic rings. The van der Waals surface area contributed by atoms with Gasteiger partial charge in [-0.05, 0) is 52.5 Å². The maximum Gasteiger partial charge on any atom is 0.218 e. The Balaban J connectivity index is 0.000000210. The summed E-state index contributed by atoms with van der Waals surface area (Å²) in [5.74, 6) is -1.16. The molecule has 45 heavy (non-hydrogen) atoms. The standard InChI is InChI=1S/C21H18FN2O.C17H22NSi.Ir/c1-21(2,3)12-13-9-10-23-17(11-13)16-6-4-5-14-15-7-8-18(22)24-20(15)25-19(14)16;1-13(2)15-11-16(14-9-7-6-8-10-14)18-12-17(15)19(3,4)5;/h4-5,7-11H,12H2,1-3H3;6-9,11-13H,1-5H3;/q2*-1;/i;13D;. The number of fused-ring (bicyclic) bond motifs is 3. The molecular formula is C38H40FIrN3OSi-2. The van der Waals surface area contributed by atoms with Gasteiger partial charge in [-0.25, -0.2) is 0 Å². The zero-order chi connectivity index (χ0) is 32.6. The summed E-state index contributed by atoms with van der Waals surface area (Å²) in [5, 5.41) is 2.95. The van der Waals surface area contributed by atoms with Gasteiger partial charge in [-0.2, -0.15) is 9.37 Å². The molecular weight excluding hydrogens is 754 g/mol. The second-order valence-electron chi connectivity index (χ2n) is 13.6. The van der Waals surface area contributed by atoms with Crippen molar-refractivity contribution in [3.05, 3.63) is 108 Å². The molecule has 0 saturated carbocycles. The molecule has 4 nitrogen and oxygen atoms in total. The second kappa shape index (κ2) is 13.9. The zero-order valence-corrected chi connectivity index (χ0v) is 30.6. The van der Waals surface area contributed by atoms with Crippen LogP contribution in [0.15, 0.2) is 83.5 Å². The fourth-order valence-corrected chi connectivity index (χ4v) is 6.87. The Labute approximate surface area is 282 Å². The average molecular weight is 795 g/mol. The Morgan fingerprint density at radius 2 is 1.71 bits per heavy atom. The fourth-order valence-electron chi connectivity index (χ4n) is 5.29. The predicted octanol–water partition coefficient (Wildman–Crippen LogP) is 9.79. The van der Waals surface area contributed by atoms with E-state index >= 15 is 0 Å². The first kappa shape index (κ1) is 32.9. The van der Waals surface area contributed by atoms with Crippen LogP contribution in [0.4, 0.5) is 4.39 Å². The quantitative estimate of drug-likeness (QED) is 0.0992. The topological polar surface area (TPSA) is 51.8 Å². The number of hydrogen-bond acceptors (Lipinski definition) is 4. The normalized spacial score (nSPS) is 12.3. The van der Waals surface area contributed by atoms with Gasteiger partial charge < -0.3 is 14.4 Å². The van der Waals surface area contributed by atoms with Crippen LogP contribution in [-0.4, -0.2) is 23.0 Å². The van der Waals surface area contributed by atoms with Crippen LogP contribution in [0.3, 0.4) is 0 Å². The summed E-state index contributed by atoms with van der Waals surface area (Å²) in [4.78, 5) is 12.9. The Kier molecular flexibility index (Phi) is 10.1. The number of rotatable bonds is 5. The van der Waals surface area contributed by atoms with Crippen molar-refractivity contribution in [2.75, 3.05) is 0 Å². The van der Waals surface area contributed by atoms with Gasteiger partial charge in [0.2, 0.25) is 11.7 Å². The zero-order valence-electron chi connectivity index (χ0n) is 28.2. The van der Waals surface area contributed by atoms with E-state index in [1.165, 1.54) is 16.8 Å². The van der Waals surface area contributed by atoms with Crippen molar-refractivity contribution in [1.29, 1.82) is 0 Å². The van der Waals surface area contributed by atoms with Crippen LogP contribution in [0, 0.1) is 23.5 Å². The third-order valence-corrected chi connectivity index (χ3v) is 9.33. The van der Waals surface area contributed by atoms with Crippen LogP contribution in [-0.2, 0) is 26.5 Å². The molecule has 4 aromatic heterocycles. The number of halogens is 1. The van der Waals surface area contributed by atoms with Crippen LogP contribution in [0.5, 0.6) is 0 Å². The molecule has 0 aliphatic heterocycles. The number of pyridine rings is 3. The van der Waals surface area contributed by atoms with E-state index in [2.05, 4.69) is 79.6 Å². The maximum absolute atomic E-state index is 13.4. The van der Waals surface area contributed by atoms with E-state index in [1.807, 2.05) is 68.7 Å². The number of nitrogens with zero attached hydrogens (tertiary/aromatic N) is 3. The number of benzene rings is 2. The summed E-state index contributed by atoms with van der Waals surface area (Å²) < 4.78 is 27.7. The monoisotopic (exact) mass is 795 g/mol. The van der Waals surface area contributed by atoms with Gasteiger partial charge in [0.1, 0.15) is 0 Å². The molecule has 4 heterocycles. The third kappa shape index (κ3) is 8.21. The van der Waals surface area contributed by atoms with Crippen LogP contribution < -0.4 is 5.19 Å². The average Bonchev–Trinajstić information content (AvgIpc) is 3.34. The summed E-state index contributed by atoms with van der Waals surface area (Å²) in [6.07, 6.45) is 4.74. The molecule has 2 aromatic carbocycles. The summed E-state index contributed by atoms with van der Waals surface area (Å²) in [6.45, 7) is 17.4. The van der Waals surface area contributed by atoms with Crippen molar-refractivity contribution in [1.82, 2.24) is 15.0 Å². The van der Waals surface area contributed by atoms with Gasteiger partial charge >= 0.3 is 0 Å². The summed E-state index contributed by atoms with van der Waals surface area (Å²) in [7, 11) is -1.50. The van der Waals surface area contributed by atoms with Gasteiger partial charge in [0, 0.05) is 39.3 Å². The summed E-state index contributed by atoms with van der Waals surface area (Å²) >= 11 is 0. The number of hydrogen-bond donors (Lipinski definition) is 0. The molecule has 7 heteroatoms. The minimum atomic E-state index is -1.50. The minimum absolute atomic E-state index is 0. The van der Waals surface area contributed by atoms with E-state index in [0.29, 0.717) is 11.3 Å². The largest absolute Gasteiger partial charge is 0.486 e. The number of aromatic nitrogens is 3. The molecule has 0 fully saturated rings. The van der Waals surface area contributed by atoms with Crippen molar-refractivity contribution in [3.63, 3.8) is 0 Å². The Hall–Kier alpha value is -3.51. The van der Waals surface area contributed by atoms with Crippen molar-refractivity contribution < 1.29 is 30.3 Å². The van der Waals surface area contributed by atoms with Gasteiger partial charge in [0.05, 0.1) is 13.7 Å². The van der Waals surface area contributed by atoms with Crippen molar-refractivity contribution in [2.45, 2.75) is 66.6 Å². The predicted molar refractivity (Wildman–Crippen MR) is 182 cm³/mol. The van der Waals surface area contributed by atoms with Crippen molar-refractivity contribution in [2.24, 2.45) is 5.41 Å². The maximum atomic E-state index is 13.4. The van der Waals surface area contributed by atoms with Gasteiger partial charge in [-0.15, -0.1) is 54.1 Å². The second-order valence-corrected chi connectivity index (χ2v) is 18.7. The van der Waals surface area contributed by atoms with Gasteiger partial charge in [0.25, 0.3) is 0 Å².